The van der Waals surface area contributed by atoms with E-state index in [0.717, 1.165) is 0 Å². The summed E-state index contributed by atoms with van der Waals surface area (Å²) in [6, 6.07) is 6.93. The number of hydrogen-bond acceptors (Lipinski definition) is 3. The van der Waals surface area contributed by atoms with E-state index in [-0.39, 0.29) is 11.7 Å². The summed E-state index contributed by atoms with van der Waals surface area (Å²) < 4.78 is 0. The van der Waals surface area contributed by atoms with Crippen LogP contribution >= 0.6 is 0 Å². The minimum atomic E-state index is -0.0601. The van der Waals surface area contributed by atoms with Crippen LogP contribution in [0.1, 0.15) is 23.7 Å². The van der Waals surface area contributed by atoms with E-state index in [1.165, 1.54) is 6.92 Å². The number of hydrogen-bond donors (Lipinski definition) is 2. The van der Waals surface area contributed by atoms with Gasteiger partial charge in [0.1, 0.15) is 0 Å². The maximum absolute atomic E-state index is 11.4. The van der Waals surface area contributed by atoms with Crippen molar-refractivity contribution in [2.75, 3.05) is 18.9 Å². The van der Waals surface area contributed by atoms with E-state index in [2.05, 4.69) is 10.6 Å². The second kappa shape index (κ2) is 6.02. The lowest BCUT2D eigenvalue weighted by Gasteiger charge is -2.05. The lowest BCUT2D eigenvalue weighted by atomic mass is 10.1. The Morgan fingerprint density at radius 2 is 2.06 bits per heavy atom. The van der Waals surface area contributed by atoms with Gasteiger partial charge in [-0.05, 0) is 26.1 Å². The van der Waals surface area contributed by atoms with Crippen LogP contribution in [0.4, 0.5) is 5.69 Å². The summed E-state index contributed by atoms with van der Waals surface area (Å²) in [7, 11) is 1.80. The second-order valence-electron chi connectivity index (χ2n) is 3.54. The van der Waals surface area contributed by atoms with Crippen molar-refractivity contribution in [2.24, 2.45) is 0 Å². The fourth-order valence-electron chi connectivity index (χ4n) is 1.28. The quantitative estimate of drug-likeness (QED) is 0.738. The van der Waals surface area contributed by atoms with Crippen molar-refractivity contribution in [3.8, 4) is 0 Å². The van der Waals surface area contributed by atoms with Crippen molar-refractivity contribution < 1.29 is 9.59 Å². The van der Waals surface area contributed by atoms with Crippen molar-refractivity contribution in [1.82, 2.24) is 5.32 Å². The molecule has 1 rings (SSSR count). The third-order valence-electron chi connectivity index (χ3n) is 2.15. The summed E-state index contributed by atoms with van der Waals surface area (Å²) in [5.74, 6) is -0.0682. The molecule has 16 heavy (non-hydrogen) atoms. The zero-order valence-electron chi connectivity index (χ0n) is 9.54. The number of carbonyl (C=O) groups is 2. The van der Waals surface area contributed by atoms with Gasteiger partial charge < -0.3 is 10.6 Å². The minimum absolute atomic E-state index is 0.00803. The molecule has 0 aromatic heterocycles. The van der Waals surface area contributed by atoms with Crippen LogP contribution in [0.15, 0.2) is 24.3 Å². The number of Topliss-reactive ketones (excluding diaryl/α,β-unsaturated/α-hetero) is 1. The van der Waals surface area contributed by atoms with Gasteiger partial charge in [0.05, 0.1) is 0 Å². The molecule has 0 radical (unpaired) electrons. The molecule has 0 aliphatic carbocycles. The first-order valence-electron chi connectivity index (χ1n) is 5.19. The predicted molar refractivity (Wildman–Crippen MR) is 63.6 cm³/mol. The highest BCUT2D eigenvalue weighted by atomic mass is 16.1. The largest absolute Gasteiger partial charge is 0.326 e. The molecule has 86 valence electrons. The zero-order valence-corrected chi connectivity index (χ0v) is 9.54. The summed E-state index contributed by atoms with van der Waals surface area (Å²) in [5, 5.41) is 5.64. The molecule has 1 amide bonds. The van der Waals surface area contributed by atoms with Crippen molar-refractivity contribution in [1.29, 1.82) is 0 Å². The van der Waals surface area contributed by atoms with E-state index in [1.807, 2.05) is 0 Å². The number of benzene rings is 1. The Bertz CT molecular complexity index is 388. The average Bonchev–Trinajstić information content (AvgIpc) is 2.26. The van der Waals surface area contributed by atoms with E-state index >= 15 is 0 Å². The molecule has 0 bridgehead atoms. The fraction of sp³-hybridized carbons (Fsp3) is 0.333. The predicted octanol–water partition coefficient (Wildman–Crippen LogP) is 1.44. The number of ketones is 1. The standard InChI is InChI=1S/C12H16N2O2/c1-9(15)10-4-3-5-11(8-10)14-12(16)6-7-13-2/h3-5,8,13H,6-7H2,1-2H3,(H,14,16). The van der Waals surface area contributed by atoms with Gasteiger partial charge in [-0.1, -0.05) is 12.1 Å². The molecule has 1 aromatic carbocycles. The van der Waals surface area contributed by atoms with Crippen molar-refractivity contribution in [3.63, 3.8) is 0 Å². The third kappa shape index (κ3) is 3.82. The maximum Gasteiger partial charge on any atom is 0.225 e. The van der Waals surface area contributed by atoms with Crippen molar-refractivity contribution >= 4 is 17.4 Å². The number of rotatable bonds is 5. The summed E-state index contributed by atoms with van der Waals surface area (Å²) in [6.45, 7) is 2.14. The van der Waals surface area contributed by atoms with Crippen LogP contribution in [0.25, 0.3) is 0 Å². The molecule has 2 N–H and O–H groups in total. The minimum Gasteiger partial charge on any atom is -0.326 e. The number of carbonyl (C=O) groups excluding carboxylic acids is 2. The summed E-state index contributed by atoms with van der Waals surface area (Å²) in [6.07, 6.45) is 0.417. The second-order valence-corrected chi connectivity index (χ2v) is 3.54. The zero-order chi connectivity index (χ0) is 12.0. The Balaban J connectivity index is 2.63. The molecule has 0 saturated carbocycles. The summed E-state index contributed by atoms with van der Waals surface area (Å²) >= 11 is 0. The molecule has 0 aliphatic rings. The van der Waals surface area contributed by atoms with Crippen LogP contribution in [-0.2, 0) is 4.79 Å². The lowest BCUT2D eigenvalue weighted by molar-refractivity contribution is -0.116. The van der Waals surface area contributed by atoms with Gasteiger partial charge in [0.15, 0.2) is 5.78 Å². The number of amides is 1. The van der Waals surface area contributed by atoms with Crippen LogP contribution in [-0.4, -0.2) is 25.3 Å². The van der Waals surface area contributed by atoms with Gasteiger partial charge in [-0.2, -0.15) is 0 Å². The molecule has 0 saturated heterocycles. The van der Waals surface area contributed by atoms with Crippen LogP contribution < -0.4 is 10.6 Å². The first kappa shape index (κ1) is 12.4. The van der Waals surface area contributed by atoms with Gasteiger partial charge in [-0.15, -0.1) is 0 Å². The molecule has 0 fully saturated rings. The summed E-state index contributed by atoms with van der Waals surface area (Å²) in [5.41, 5.74) is 1.26. The molecular weight excluding hydrogens is 204 g/mol. The van der Waals surface area contributed by atoms with Crippen molar-refractivity contribution in [3.05, 3.63) is 29.8 Å². The summed E-state index contributed by atoms with van der Waals surface area (Å²) in [4.78, 5) is 22.5. The number of anilines is 1. The van der Waals surface area contributed by atoms with Gasteiger partial charge in [0.2, 0.25) is 5.91 Å². The normalized spacial score (nSPS) is 9.88. The Morgan fingerprint density at radius 3 is 2.69 bits per heavy atom. The molecular formula is C12H16N2O2. The van der Waals surface area contributed by atoms with Gasteiger partial charge in [-0.25, -0.2) is 0 Å². The van der Waals surface area contributed by atoms with E-state index in [9.17, 15) is 9.59 Å². The topological polar surface area (TPSA) is 58.2 Å². The van der Waals surface area contributed by atoms with Gasteiger partial charge >= 0.3 is 0 Å². The Hall–Kier alpha value is -1.68. The van der Waals surface area contributed by atoms with Crippen LogP contribution in [0.2, 0.25) is 0 Å². The lowest BCUT2D eigenvalue weighted by Crippen LogP contribution is -2.18. The van der Waals surface area contributed by atoms with Crippen LogP contribution in [0, 0.1) is 0 Å². The molecule has 0 heterocycles. The van der Waals surface area contributed by atoms with E-state index < -0.39 is 0 Å². The van der Waals surface area contributed by atoms with E-state index in [0.29, 0.717) is 24.2 Å². The number of nitrogens with one attached hydrogen (secondary N) is 2. The fourth-order valence-corrected chi connectivity index (χ4v) is 1.28. The molecule has 0 aliphatic heterocycles. The molecule has 0 atom stereocenters. The molecule has 1 aromatic rings. The monoisotopic (exact) mass is 220 g/mol. The Kier molecular flexibility index (Phi) is 4.66. The third-order valence-corrected chi connectivity index (χ3v) is 2.15. The van der Waals surface area contributed by atoms with Crippen LogP contribution in [0.3, 0.4) is 0 Å². The Labute approximate surface area is 95.0 Å². The molecule has 0 unspecified atom stereocenters. The highest BCUT2D eigenvalue weighted by molar-refractivity contribution is 5.97. The first-order valence-corrected chi connectivity index (χ1v) is 5.19. The SMILES string of the molecule is CNCCC(=O)Nc1cccc(C(C)=O)c1. The molecule has 4 nitrogen and oxygen atoms in total. The van der Waals surface area contributed by atoms with Crippen LogP contribution in [0.5, 0.6) is 0 Å². The highest BCUT2D eigenvalue weighted by Crippen LogP contribution is 2.11. The van der Waals surface area contributed by atoms with Crippen molar-refractivity contribution in [2.45, 2.75) is 13.3 Å². The van der Waals surface area contributed by atoms with E-state index in [1.54, 1.807) is 31.3 Å². The molecule has 4 heteroatoms. The maximum atomic E-state index is 11.4. The molecule has 0 spiro atoms. The smallest absolute Gasteiger partial charge is 0.225 e. The van der Waals surface area contributed by atoms with Gasteiger partial charge in [0.25, 0.3) is 0 Å². The van der Waals surface area contributed by atoms with Gasteiger partial charge in [0, 0.05) is 24.2 Å². The average molecular weight is 220 g/mol. The first-order chi connectivity index (χ1) is 7.63. The van der Waals surface area contributed by atoms with Gasteiger partial charge in [-0.3, -0.25) is 9.59 Å². The Morgan fingerprint density at radius 1 is 1.31 bits per heavy atom. The van der Waals surface area contributed by atoms with E-state index in [4.69, 9.17) is 0 Å². The highest BCUT2D eigenvalue weighted by Gasteiger charge is 2.03.